The number of rotatable bonds is 4. The Hall–Kier alpha value is -1.67. The van der Waals surface area contributed by atoms with E-state index in [2.05, 4.69) is 10.1 Å². The molecule has 1 aromatic rings. The van der Waals surface area contributed by atoms with Gasteiger partial charge in [0.05, 0.1) is 18.7 Å². The van der Waals surface area contributed by atoms with Gasteiger partial charge in [-0.2, -0.15) is 13.2 Å². The van der Waals surface area contributed by atoms with E-state index >= 15 is 0 Å². The van der Waals surface area contributed by atoms with E-state index in [0.29, 0.717) is 5.75 Å². The van der Waals surface area contributed by atoms with E-state index in [0.717, 1.165) is 7.11 Å². The Morgan fingerprint density at radius 1 is 1.48 bits per heavy atom. The smallest absolute Gasteiger partial charge is 0.401 e. The molecule has 1 atom stereocenters. The van der Waals surface area contributed by atoms with Crippen molar-refractivity contribution < 1.29 is 32.2 Å². The van der Waals surface area contributed by atoms with Crippen LogP contribution in [0.4, 0.5) is 13.2 Å². The van der Waals surface area contributed by atoms with Gasteiger partial charge in [-0.15, -0.1) is 0 Å². The minimum absolute atomic E-state index is 0.0443. The van der Waals surface area contributed by atoms with Crippen LogP contribution in [0, 0.1) is 0 Å². The molecule has 1 aliphatic rings. The first-order chi connectivity index (χ1) is 9.81. The van der Waals surface area contributed by atoms with Crippen molar-refractivity contribution in [3.63, 3.8) is 0 Å². The summed E-state index contributed by atoms with van der Waals surface area (Å²) in [5, 5.41) is 2.23. The van der Waals surface area contributed by atoms with Crippen LogP contribution in [-0.2, 0) is 9.53 Å². The summed E-state index contributed by atoms with van der Waals surface area (Å²) < 4.78 is 51.7. The predicted octanol–water partition coefficient (Wildman–Crippen LogP) is 2.43. The highest BCUT2D eigenvalue weighted by Gasteiger charge is 2.32. The quantitative estimate of drug-likeness (QED) is 0.862. The SMILES string of the molecule is COC(=O)C(NCC(F)(F)F)c1cc(Cl)c2c(c1)OCO2. The third kappa shape index (κ3) is 3.70. The average Bonchev–Trinajstić information content (AvgIpc) is 2.86. The molecule has 9 heteroatoms. The number of hydrogen-bond acceptors (Lipinski definition) is 5. The number of carbonyl (C=O) groups is 1. The first-order valence-corrected chi connectivity index (χ1v) is 6.16. The van der Waals surface area contributed by atoms with Gasteiger partial charge in [-0.25, -0.2) is 4.79 Å². The fourth-order valence-corrected chi connectivity index (χ4v) is 2.10. The molecular formula is C12H11ClF3NO4. The normalized spacial score (nSPS) is 14.9. The lowest BCUT2D eigenvalue weighted by atomic mass is 10.1. The van der Waals surface area contributed by atoms with Crippen molar-refractivity contribution in [2.24, 2.45) is 0 Å². The second-order valence-corrected chi connectivity index (χ2v) is 4.60. The number of fused-ring (bicyclic) bond motifs is 1. The molecule has 1 N–H and O–H groups in total. The van der Waals surface area contributed by atoms with Crippen molar-refractivity contribution in [2.45, 2.75) is 12.2 Å². The number of ether oxygens (including phenoxy) is 3. The monoisotopic (exact) mass is 325 g/mol. The zero-order chi connectivity index (χ0) is 15.6. The van der Waals surface area contributed by atoms with E-state index in [1.165, 1.54) is 12.1 Å². The van der Waals surface area contributed by atoms with Crippen molar-refractivity contribution in [3.8, 4) is 11.5 Å². The highest BCUT2D eigenvalue weighted by Crippen LogP contribution is 2.41. The standard InChI is InChI=1S/C12H11ClF3NO4/c1-19-11(18)9(17-4-12(14,15)16)6-2-7(13)10-8(3-6)20-5-21-10/h2-3,9,17H,4-5H2,1H3. The number of methoxy groups -OCH3 is 1. The lowest BCUT2D eigenvalue weighted by Gasteiger charge is -2.18. The molecule has 0 bridgehead atoms. The number of nitrogens with one attached hydrogen (secondary N) is 1. The number of esters is 1. The van der Waals surface area contributed by atoms with E-state index < -0.39 is 24.7 Å². The predicted molar refractivity (Wildman–Crippen MR) is 66.4 cm³/mol. The largest absolute Gasteiger partial charge is 0.468 e. The molecule has 2 rings (SSSR count). The minimum Gasteiger partial charge on any atom is -0.468 e. The summed E-state index contributed by atoms with van der Waals surface area (Å²) in [7, 11) is 1.08. The molecule has 0 amide bonds. The van der Waals surface area contributed by atoms with Crippen LogP contribution in [-0.4, -0.2) is 32.6 Å². The minimum atomic E-state index is -4.47. The lowest BCUT2D eigenvalue weighted by molar-refractivity contribution is -0.146. The summed E-state index contributed by atoms with van der Waals surface area (Å²) in [5.41, 5.74) is 0.195. The van der Waals surface area contributed by atoms with Crippen LogP contribution in [0.15, 0.2) is 12.1 Å². The molecule has 21 heavy (non-hydrogen) atoms. The highest BCUT2D eigenvalue weighted by molar-refractivity contribution is 6.32. The molecule has 0 fully saturated rings. The molecule has 0 saturated heterocycles. The summed E-state index contributed by atoms with van der Waals surface area (Å²) >= 11 is 5.95. The molecule has 5 nitrogen and oxygen atoms in total. The van der Waals surface area contributed by atoms with E-state index in [4.69, 9.17) is 21.1 Å². The van der Waals surface area contributed by atoms with Crippen LogP contribution in [0.1, 0.15) is 11.6 Å². The van der Waals surface area contributed by atoms with E-state index in [-0.39, 0.29) is 23.1 Å². The van der Waals surface area contributed by atoms with Gasteiger partial charge in [-0.3, -0.25) is 5.32 Å². The summed E-state index contributed by atoms with van der Waals surface area (Å²) in [4.78, 5) is 11.7. The van der Waals surface area contributed by atoms with E-state index in [1.807, 2.05) is 0 Å². The summed E-state index contributed by atoms with van der Waals surface area (Å²) in [6, 6.07) is 1.41. The third-order valence-electron chi connectivity index (χ3n) is 2.73. The maximum Gasteiger partial charge on any atom is 0.401 e. The Kier molecular flexibility index (Phi) is 4.48. The molecular weight excluding hydrogens is 315 g/mol. The van der Waals surface area contributed by atoms with Crippen molar-refractivity contribution in [2.75, 3.05) is 20.4 Å². The molecule has 1 aromatic carbocycles. The van der Waals surface area contributed by atoms with Crippen molar-refractivity contribution in [3.05, 3.63) is 22.7 Å². The Bertz CT molecular complexity index is 550. The second-order valence-electron chi connectivity index (χ2n) is 4.19. The van der Waals surface area contributed by atoms with E-state index in [9.17, 15) is 18.0 Å². The number of halogens is 4. The Morgan fingerprint density at radius 2 is 2.19 bits per heavy atom. The molecule has 116 valence electrons. The summed E-state index contributed by atoms with van der Waals surface area (Å²) in [6.45, 7) is -1.39. The number of carbonyl (C=O) groups excluding carboxylic acids is 1. The molecule has 1 heterocycles. The van der Waals surface area contributed by atoms with Crippen LogP contribution in [0.25, 0.3) is 0 Å². The van der Waals surface area contributed by atoms with Gasteiger partial charge in [0.1, 0.15) is 6.04 Å². The van der Waals surface area contributed by atoms with Crippen molar-refractivity contribution >= 4 is 17.6 Å². The summed E-state index contributed by atoms with van der Waals surface area (Å²) in [5.74, 6) is -0.311. The molecule has 0 radical (unpaired) electrons. The first-order valence-electron chi connectivity index (χ1n) is 5.79. The van der Waals surface area contributed by atoms with Crippen LogP contribution in [0.5, 0.6) is 11.5 Å². The van der Waals surface area contributed by atoms with Gasteiger partial charge < -0.3 is 14.2 Å². The molecule has 1 unspecified atom stereocenters. The van der Waals surface area contributed by atoms with Crippen molar-refractivity contribution in [1.29, 1.82) is 0 Å². The van der Waals surface area contributed by atoms with Gasteiger partial charge in [0.2, 0.25) is 6.79 Å². The number of hydrogen-bond donors (Lipinski definition) is 1. The number of benzene rings is 1. The second kappa shape index (κ2) is 5.98. The first kappa shape index (κ1) is 15.7. The van der Waals surface area contributed by atoms with Crippen molar-refractivity contribution in [1.82, 2.24) is 5.32 Å². The molecule has 1 aliphatic heterocycles. The Labute approximate surface area is 122 Å². The third-order valence-corrected chi connectivity index (χ3v) is 3.01. The van der Waals surface area contributed by atoms with Gasteiger partial charge >= 0.3 is 12.1 Å². The maximum atomic E-state index is 12.3. The topological polar surface area (TPSA) is 56.8 Å². The molecule has 0 aliphatic carbocycles. The number of alkyl halides is 3. The van der Waals surface area contributed by atoms with Gasteiger partial charge in [-0.1, -0.05) is 11.6 Å². The fraction of sp³-hybridized carbons (Fsp3) is 0.417. The average molecular weight is 326 g/mol. The Morgan fingerprint density at radius 3 is 2.81 bits per heavy atom. The highest BCUT2D eigenvalue weighted by atomic mass is 35.5. The lowest BCUT2D eigenvalue weighted by Crippen LogP contribution is -2.36. The molecule has 0 aromatic heterocycles. The summed E-state index contributed by atoms with van der Waals surface area (Å²) in [6.07, 6.45) is -4.47. The van der Waals surface area contributed by atoms with Crippen LogP contribution in [0.3, 0.4) is 0 Å². The van der Waals surface area contributed by atoms with Crippen LogP contribution in [0.2, 0.25) is 5.02 Å². The van der Waals surface area contributed by atoms with Gasteiger partial charge in [-0.05, 0) is 17.7 Å². The molecule has 0 spiro atoms. The van der Waals surface area contributed by atoms with Gasteiger partial charge in [0, 0.05) is 0 Å². The zero-order valence-corrected chi connectivity index (χ0v) is 11.5. The van der Waals surface area contributed by atoms with Gasteiger partial charge in [0.15, 0.2) is 11.5 Å². The zero-order valence-electron chi connectivity index (χ0n) is 10.8. The Balaban J connectivity index is 2.28. The van der Waals surface area contributed by atoms with E-state index in [1.54, 1.807) is 0 Å². The maximum absolute atomic E-state index is 12.3. The van der Waals surface area contributed by atoms with Crippen LogP contribution < -0.4 is 14.8 Å². The molecule has 0 saturated carbocycles. The fourth-order valence-electron chi connectivity index (χ4n) is 1.83. The van der Waals surface area contributed by atoms with Gasteiger partial charge in [0.25, 0.3) is 0 Å². The van der Waals surface area contributed by atoms with Crippen LogP contribution >= 0.6 is 11.6 Å².